The van der Waals surface area contributed by atoms with Gasteiger partial charge < -0.3 is 0 Å². The Kier molecular flexibility index (Phi) is 16.0. The third kappa shape index (κ3) is 15.7. The lowest BCUT2D eigenvalue weighted by atomic mass is 10.5. The predicted octanol–water partition coefficient (Wildman–Crippen LogP) is 1.70. The van der Waals surface area contributed by atoms with E-state index in [-0.39, 0.29) is 12.4 Å². The summed E-state index contributed by atoms with van der Waals surface area (Å²) in [5.41, 5.74) is 0. The van der Waals surface area contributed by atoms with Crippen LogP contribution < -0.4 is 0 Å². The van der Waals surface area contributed by atoms with Crippen LogP contribution in [0.4, 0.5) is 0 Å². The summed E-state index contributed by atoms with van der Waals surface area (Å²) in [5, 5.41) is 0. The minimum Gasteiger partial charge on any atom is -0.147 e. The zero-order chi connectivity index (χ0) is 3.41. The third-order valence-corrected chi connectivity index (χ3v) is 0.167. The SMILES string of the molecule is Cl.[CH]CC=C. The molecule has 0 aromatic carbocycles. The molecule has 0 aliphatic carbocycles. The molecule has 0 aromatic heterocycles. The molecule has 5 heavy (non-hydrogen) atoms. The Bertz CT molecular complexity index is 17.6. The van der Waals surface area contributed by atoms with Gasteiger partial charge in [0.1, 0.15) is 0 Å². The zero-order valence-corrected chi connectivity index (χ0v) is 3.79. The van der Waals surface area contributed by atoms with E-state index in [1.54, 1.807) is 6.08 Å². The first-order chi connectivity index (χ1) is 1.91. The Balaban J connectivity index is 0. The van der Waals surface area contributed by atoms with E-state index in [0.29, 0.717) is 6.42 Å². The third-order valence-electron chi connectivity index (χ3n) is 0.167. The second-order valence-corrected chi connectivity index (χ2v) is 0.524. The molecule has 0 aromatic rings. The van der Waals surface area contributed by atoms with E-state index in [0.717, 1.165) is 0 Å². The molecule has 0 heterocycles. The molecule has 2 radical (unpaired) electrons. The first-order valence-electron chi connectivity index (χ1n) is 1.22. The minimum absolute atomic E-state index is 0. The van der Waals surface area contributed by atoms with Gasteiger partial charge in [0, 0.05) is 0 Å². The number of hydrogen-bond donors (Lipinski definition) is 0. The van der Waals surface area contributed by atoms with Crippen molar-refractivity contribution in [3.8, 4) is 0 Å². The maximum absolute atomic E-state index is 4.91. The van der Waals surface area contributed by atoms with Crippen molar-refractivity contribution in [1.29, 1.82) is 0 Å². The van der Waals surface area contributed by atoms with Crippen LogP contribution in [0.5, 0.6) is 0 Å². The molecule has 1 heteroatoms. The van der Waals surface area contributed by atoms with E-state index < -0.39 is 0 Å². The van der Waals surface area contributed by atoms with Crippen molar-refractivity contribution >= 4 is 12.4 Å². The van der Waals surface area contributed by atoms with Crippen molar-refractivity contribution in [3.05, 3.63) is 19.6 Å². The van der Waals surface area contributed by atoms with Gasteiger partial charge in [-0.25, -0.2) is 0 Å². The lowest BCUT2D eigenvalue weighted by molar-refractivity contribution is 1.42. The quantitative estimate of drug-likeness (QED) is 0.430. The minimum atomic E-state index is 0. The van der Waals surface area contributed by atoms with E-state index in [1.807, 2.05) is 0 Å². The molecule has 0 saturated heterocycles. The standard InChI is InChI=1S/C4H6.ClH/c1-3-4-2;/h1,4H,2-3H2;1H. The molecule has 0 aliphatic rings. The van der Waals surface area contributed by atoms with Crippen LogP contribution in [0.2, 0.25) is 0 Å². The summed E-state index contributed by atoms with van der Waals surface area (Å²) < 4.78 is 0. The maximum atomic E-state index is 4.91. The second-order valence-electron chi connectivity index (χ2n) is 0.524. The van der Waals surface area contributed by atoms with Gasteiger partial charge in [-0.2, -0.15) is 0 Å². The molecule has 0 atom stereocenters. The van der Waals surface area contributed by atoms with Gasteiger partial charge in [0.05, 0.1) is 0 Å². The highest BCUT2D eigenvalue weighted by Crippen LogP contribution is 1.65. The Hall–Kier alpha value is 0.0300. The van der Waals surface area contributed by atoms with Crippen LogP contribution in [-0.4, -0.2) is 0 Å². The Morgan fingerprint density at radius 3 is 2.00 bits per heavy atom. The van der Waals surface area contributed by atoms with E-state index in [9.17, 15) is 0 Å². The fourth-order valence-electron chi connectivity index (χ4n) is 0. The lowest BCUT2D eigenvalue weighted by Crippen LogP contribution is -1.37. The summed E-state index contributed by atoms with van der Waals surface area (Å²) in [5.74, 6) is 0. The smallest absolute Gasteiger partial charge is 0.0311 e. The van der Waals surface area contributed by atoms with Gasteiger partial charge in [-0.3, -0.25) is 0 Å². The monoisotopic (exact) mass is 90.0 g/mol. The first kappa shape index (κ1) is 8.90. The van der Waals surface area contributed by atoms with Crippen LogP contribution in [0.1, 0.15) is 6.42 Å². The fourth-order valence-corrected chi connectivity index (χ4v) is 0. The van der Waals surface area contributed by atoms with Crippen molar-refractivity contribution in [3.63, 3.8) is 0 Å². The summed E-state index contributed by atoms with van der Waals surface area (Å²) in [6.45, 7) is 8.26. The topological polar surface area (TPSA) is 0 Å². The molecule has 0 saturated carbocycles. The lowest BCUT2D eigenvalue weighted by Gasteiger charge is -1.57. The van der Waals surface area contributed by atoms with Gasteiger partial charge in [0.25, 0.3) is 0 Å². The van der Waals surface area contributed by atoms with Crippen molar-refractivity contribution in [2.24, 2.45) is 0 Å². The molecule has 0 spiro atoms. The molecule has 0 amide bonds. The number of halogens is 1. The number of hydrogen-bond acceptors (Lipinski definition) is 0. The molecule has 0 N–H and O–H groups in total. The van der Waals surface area contributed by atoms with Crippen LogP contribution in [-0.2, 0) is 0 Å². The Labute approximate surface area is 39.3 Å². The molecule has 0 unspecified atom stereocenters. The number of rotatable bonds is 1. The average Bonchev–Trinajstić information content (AvgIpc) is 1.37. The predicted molar refractivity (Wildman–Crippen MR) is 26.4 cm³/mol. The van der Waals surface area contributed by atoms with Crippen molar-refractivity contribution in [2.45, 2.75) is 6.42 Å². The second kappa shape index (κ2) is 8.98. The highest BCUT2D eigenvalue weighted by atomic mass is 35.5. The van der Waals surface area contributed by atoms with Crippen LogP contribution in [0.3, 0.4) is 0 Å². The van der Waals surface area contributed by atoms with Crippen LogP contribution in [0.25, 0.3) is 0 Å². The molecule has 0 aliphatic heterocycles. The van der Waals surface area contributed by atoms with Gasteiger partial charge in [0.15, 0.2) is 0 Å². The van der Waals surface area contributed by atoms with Crippen LogP contribution in [0, 0.1) is 6.92 Å². The summed E-state index contributed by atoms with van der Waals surface area (Å²) in [6, 6.07) is 0. The summed E-state index contributed by atoms with van der Waals surface area (Å²) >= 11 is 0. The van der Waals surface area contributed by atoms with Gasteiger partial charge in [-0.05, 0) is 13.3 Å². The fraction of sp³-hybridized carbons (Fsp3) is 0.250. The molecule has 30 valence electrons. The van der Waals surface area contributed by atoms with E-state index in [2.05, 4.69) is 6.58 Å². The molecular weight excluding hydrogens is 83.5 g/mol. The first-order valence-corrected chi connectivity index (χ1v) is 1.22. The van der Waals surface area contributed by atoms with Crippen molar-refractivity contribution in [1.82, 2.24) is 0 Å². The van der Waals surface area contributed by atoms with Crippen LogP contribution >= 0.6 is 12.4 Å². The van der Waals surface area contributed by atoms with Gasteiger partial charge in [-0.15, -0.1) is 19.0 Å². The van der Waals surface area contributed by atoms with E-state index >= 15 is 0 Å². The molecule has 0 bridgehead atoms. The van der Waals surface area contributed by atoms with E-state index in [1.165, 1.54) is 0 Å². The van der Waals surface area contributed by atoms with Crippen LogP contribution in [0.15, 0.2) is 12.7 Å². The highest BCUT2D eigenvalue weighted by molar-refractivity contribution is 5.85. The number of allylic oxidation sites excluding steroid dienone is 1. The van der Waals surface area contributed by atoms with E-state index in [4.69, 9.17) is 6.92 Å². The summed E-state index contributed by atoms with van der Waals surface area (Å²) in [7, 11) is 0. The Morgan fingerprint density at radius 2 is 2.00 bits per heavy atom. The van der Waals surface area contributed by atoms with Crippen molar-refractivity contribution in [2.75, 3.05) is 0 Å². The molecule has 0 fully saturated rings. The molecule has 0 nitrogen and oxygen atoms in total. The largest absolute Gasteiger partial charge is 0.147 e. The van der Waals surface area contributed by atoms with Gasteiger partial charge in [-0.1, -0.05) is 6.08 Å². The van der Waals surface area contributed by atoms with Crippen molar-refractivity contribution < 1.29 is 0 Å². The highest BCUT2D eigenvalue weighted by Gasteiger charge is 1.46. The normalized spacial score (nSPS) is 5.00. The average molecular weight is 90.6 g/mol. The summed E-state index contributed by atoms with van der Waals surface area (Å²) in [4.78, 5) is 0. The molecule has 0 rings (SSSR count). The summed E-state index contributed by atoms with van der Waals surface area (Å²) in [6.07, 6.45) is 2.24. The molecular formula is C4H7Cl. The zero-order valence-electron chi connectivity index (χ0n) is 2.98. The van der Waals surface area contributed by atoms with Gasteiger partial charge >= 0.3 is 0 Å². The van der Waals surface area contributed by atoms with Gasteiger partial charge in [0.2, 0.25) is 0 Å². The Morgan fingerprint density at radius 1 is 1.80 bits per heavy atom. The maximum Gasteiger partial charge on any atom is -0.0311 e.